The summed E-state index contributed by atoms with van der Waals surface area (Å²) in [4.78, 5) is 23.1. The lowest BCUT2D eigenvalue weighted by atomic mass is 10.2. The van der Waals surface area contributed by atoms with Gasteiger partial charge in [0.05, 0.1) is 23.9 Å². The SMILES string of the molecule is Cc1ccc(NC(=O)NCCNc2cc(N3CCOCC3)nc(C)n2)c(Cl)c1. The zero-order valence-electron chi connectivity index (χ0n) is 16.1. The maximum atomic E-state index is 12.0. The number of carbonyl (C=O) groups excluding carboxylic acids is 1. The van der Waals surface area contributed by atoms with Gasteiger partial charge in [-0.25, -0.2) is 14.8 Å². The maximum absolute atomic E-state index is 12.0. The van der Waals surface area contributed by atoms with E-state index in [2.05, 4.69) is 30.8 Å². The molecule has 0 radical (unpaired) electrons. The van der Waals surface area contributed by atoms with E-state index in [0.29, 0.717) is 42.8 Å². The first-order valence-electron chi connectivity index (χ1n) is 9.24. The summed E-state index contributed by atoms with van der Waals surface area (Å²) in [5.41, 5.74) is 1.62. The van der Waals surface area contributed by atoms with Crippen LogP contribution in [0.2, 0.25) is 5.02 Å². The van der Waals surface area contributed by atoms with Crippen molar-refractivity contribution in [2.24, 2.45) is 0 Å². The molecular formula is C19H25ClN6O2. The summed E-state index contributed by atoms with van der Waals surface area (Å²) in [5.74, 6) is 2.32. The number of aryl methyl sites for hydroxylation is 2. The van der Waals surface area contributed by atoms with Crippen molar-refractivity contribution in [3.8, 4) is 0 Å². The van der Waals surface area contributed by atoms with Gasteiger partial charge in [0.1, 0.15) is 17.5 Å². The Labute approximate surface area is 169 Å². The molecule has 9 heteroatoms. The summed E-state index contributed by atoms with van der Waals surface area (Å²) >= 11 is 6.13. The second-order valence-corrected chi connectivity index (χ2v) is 6.96. The number of ether oxygens (including phenoxy) is 1. The van der Waals surface area contributed by atoms with E-state index in [9.17, 15) is 4.79 Å². The second kappa shape index (κ2) is 9.57. The van der Waals surface area contributed by atoms with Crippen LogP contribution in [-0.2, 0) is 4.74 Å². The molecular weight excluding hydrogens is 380 g/mol. The second-order valence-electron chi connectivity index (χ2n) is 6.55. The van der Waals surface area contributed by atoms with Crippen LogP contribution in [0.5, 0.6) is 0 Å². The number of nitrogens with one attached hydrogen (secondary N) is 3. The molecule has 0 bridgehead atoms. The van der Waals surface area contributed by atoms with Gasteiger partial charge in [-0.1, -0.05) is 17.7 Å². The third-order valence-corrected chi connectivity index (χ3v) is 4.56. The van der Waals surface area contributed by atoms with Crippen molar-refractivity contribution >= 4 is 35.0 Å². The van der Waals surface area contributed by atoms with Crippen LogP contribution in [0.1, 0.15) is 11.4 Å². The number of aromatic nitrogens is 2. The fraction of sp³-hybridized carbons (Fsp3) is 0.421. The van der Waals surface area contributed by atoms with Gasteiger partial charge in [0.2, 0.25) is 0 Å². The molecule has 1 aliphatic heterocycles. The molecule has 3 rings (SSSR count). The molecule has 28 heavy (non-hydrogen) atoms. The van der Waals surface area contributed by atoms with Gasteiger partial charge >= 0.3 is 6.03 Å². The van der Waals surface area contributed by atoms with Gasteiger partial charge in [-0.2, -0.15) is 0 Å². The Kier molecular flexibility index (Phi) is 6.89. The maximum Gasteiger partial charge on any atom is 0.319 e. The van der Waals surface area contributed by atoms with Gasteiger partial charge in [0, 0.05) is 32.2 Å². The number of morpholine rings is 1. The molecule has 3 N–H and O–H groups in total. The molecule has 150 valence electrons. The fourth-order valence-electron chi connectivity index (χ4n) is 2.85. The average Bonchev–Trinajstić information content (AvgIpc) is 2.68. The highest BCUT2D eigenvalue weighted by Crippen LogP contribution is 2.22. The first kappa shape index (κ1) is 20.2. The fourth-order valence-corrected chi connectivity index (χ4v) is 3.13. The molecule has 2 heterocycles. The third kappa shape index (κ3) is 5.71. The van der Waals surface area contributed by atoms with Gasteiger partial charge in [-0.05, 0) is 31.5 Å². The highest BCUT2D eigenvalue weighted by atomic mass is 35.5. The molecule has 2 amide bonds. The first-order chi connectivity index (χ1) is 13.5. The lowest BCUT2D eigenvalue weighted by Crippen LogP contribution is -2.37. The smallest absolute Gasteiger partial charge is 0.319 e. The zero-order chi connectivity index (χ0) is 19.9. The number of carbonyl (C=O) groups is 1. The van der Waals surface area contributed by atoms with Crippen LogP contribution in [0.3, 0.4) is 0 Å². The van der Waals surface area contributed by atoms with E-state index in [1.165, 1.54) is 0 Å². The highest BCUT2D eigenvalue weighted by Gasteiger charge is 2.14. The molecule has 0 saturated carbocycles. The van der Waals surface area contributed by atoms with E-state index >= 15 is 0 Å². The van der Waals surface area contributed by atoms with Crippen molar-refractivity contribution in [2.45, 2.75) is 13.8 Å². The molecule has 0 unspecified atom stereocenters. The number of halogens is 1. The molecule has 1 aromatic carbocycles. The highest BCUT2D eigenvalue weighted by molar-refractivity contribution is 6.33. The van der Waals surface area contributed by atoms with E-state index in [0.717, 1.165) is 30.3 Å². The average molecular weight is 405 g/mol. The molecule has 2 aromatic rings. The standard InChI is InChI=1S/C19H25ClN6O2/c1-13-3-4-16(15(20)11-13)25-19(27)22-6-5-21-17-12-18(24-14(2)23-17)26-7-9-28-10-8-26/h3-4,11-12H,5-10H2,1-2H3,(H,21,23,24)(H2,22,25,27). The number of rotatable bonds is 6. The number of hydrogen-bond acceptors (Lipinski definition) is 6. The number of amides is 2. The summed E-state index contributed by atoms with van der Waals surface area (Å²) < 4.78 is 5.38. The van der Waals surface area contributed by atoms with E-state index in [1.54, 1.807) is 6.07 Å². The van der Waals surface area contributed by atoms with Crippen LogP contribution in [0.4, 0.5) is 22.1 Å². The number of anilines is 3. The Morgan fingerprint density at radius 2 is 1.96 bits per heavy atom. The van der Waals surface area contributed by atoms with Gasteiger partial charge in [-0.15, -0.1) is 0 Å². The number of hydrogen-bond donors (Lipinski definition) is 3. The summed E-state index contributed by atoms with van der Waals surface area (Å²) in [6.45, 7) is 7.83. The predicted octanol–water partition coefficient (Wildman–Crippen LogP) is 2.82. The number of benzene rings is 1. The van der Waals surface area contributed by atoms with Crippen LogP contribution in [-0.4, -0.2) is 55.4 Å². The molecule has 1 fully saturated rings. The zero-order valence-corrected chi connectivity index (χ0v) is 16.8. The Hall–Kier alpha value is -2.58. The van der Waals surface area contributed by atoms with E-state index in [-0.39, 0.29) is 6.03 Å². The molecule has 1 aromatic heterocycles. The minimum atomic E-state index is -0.305. The molecule has 8 nitrogen and oxygen atoms in total. The molecule has 0 spiro atoms. The largest absolute Gasteiger partial charge is 0.378 e. The van der Waals surface area contributed by atoms with Crippen LogP contribution in [0.15, 0.2) is 24.3 Å². The van der Waals surface area contributed by atoms with Crippen LogP contribution >= 0.6 is 11.6 Å². The van der Waals surface area contributed by atoms with Gasteiger partial charge in [0.15, 0.2) is 0 Å². The quantitative estimate of drug-likeness (QED) is 0.641. The van der Waals surface area contributed by atoms with E-state index in [1.807, 2.05) is 32.0 Å². The lowest BCUT2D eigenvalue weighted by molar-refractivity contribution is 0.122. The minimum Gasteiger partial charge on any atom is -0.378 e. The Bertz CT molecular complexity index is 826. The Morgan fingerprint density at radius 3 is 2.71 bits per heavy atom. The number of urea groups is 1. The van der Waals surface area contributed by atoms with E-state index < -0.39 is 0 Å². The van der Waals surface area contributed by atoms with Crippen LogP contribution in [0.25, 0.3) is 0 Å². The first-order valence-corrected chi connectivity index (χ1v) is 9.62. The van der Waals surface area contributed by atoms with Gasteiger partial charge in [-0.3, -0.25) is 0 Å². The van der Waals surface area contributed by atoms with Crippen molar-refractivity contribution in [3.05, 3.63) is 40.7 Å². The molecule has 1 aliphatic rings. The van der Waals surface area contributed by atoms with Gasteiger partial charge in [0.25, 0.3) is 0 Å². The van der Waals surface area contributed by atoms with Crippen molar-refractivity contribution < 1.29 is 9.53 Å². The van der Waals surface area contributed by atoms with Crippen molar-refractivity contribution in [1.82, 2.24) is 15.3 Å². The van der Waals surface area contributed by atoms with Crippen molar-refractivity contribution in [2.75, 3.05) is 54.9 Å². The number of nitrogens with zero attached hydrogens (tertiary/aromatic N) is 3. The Morgan fingerprint density at radius 1 is 1.18 bits per heavy atom. The van der Waals surface area contributed by atoms with Crippen molar-refractivity contribution in [1.29, 1.82) is 0 Å². The normalized spacial score (nSPS) is 13.9. The molecule has 0 aliphatic carbocycles. The van der Waals surface area contributed by atoms with Crippen LogP contribution < -0.4 is 20.9 Å². The predicted molar refractivity (Wildman–Crippen MR) is 112 cm³/mol. The van der Waals surface area contributed by atoms with Crippen molar-refractivity contribution in [3.63, 3.8) is 0 Å². The van der Waals surface area contributed by atoms with Crippen LogP contribution in [0, 0.1) is 13.8 Å². The monoisotopic (exact) mass is 404 g/mol. The summed E-state index contributed by atoms with van der Waals surface area (Å²) in [6.07, 6.45) is 0. The van der Waals surface area contributed by atoms with Gasteiger partial charge < -0.3 is 25.6 Å². The summed E-state index contributed by atoms with van der Waals surface area (Å²) in [7, 11) is 0. The summed E-state index contributed by atoms with van der Waals surface area (Å²) in [5, 5.41) is 9.28. The molecule has 1 saturated heterocycles. The third-order valence-electron chi connectivity index (χ3n) is 4.25. The van der Waals surface area contributed by atoms with E-state index in [4.69, 9.17) is 16.3 Å². The Balaban J connectivity index is 1.47. The summed E-state index contributed by atoms with van der Waals surface area (Å²) in [6, 6.07) is 7.10. The topological polar surface area (TPSA) is 91.4 Å². The molecule has 0 atom stereocenters. The minimum absolute atomic E-state index is 0.305. The lowest BCUT2D eigenvalue weighted by Gasteiger charge is -2.28.